The summed E-state index contributed by atoms with van der Waals surface area (Å²) in [5.41, 5.74) is 2.15. The predicted octanol–water partition coefficient (Wildman–Crippen LogP) is 3.24. The zero-order chi connectivity index (χ0) is 18.8. The highest BCUT2D eigenvalue weighted by Crippen LogP contribution is 2.15. The van der Waals surface area contributed by atoms with Crippen molar-refractivity contribution in [1.29, 1.82) is 0 Å². The van der Waals surface area contributed by atoms with Gasteiger partial charge in [0.05, 0.1) is 6.61 Å². The van der Waals surface area contributed by atoms with Crippen LogP contribution < -0.4 is 5.32 Å². The molecule has 26 heavy (non-hydrogen) atoms. The van der Waals surface area contributed by atoms with E-state index in [1.54, 1.807) is 0 Å². The van der Waals surface area contributed by atoms with E-state index in [2.05, 4.69) is 5.32 Å². The molecule has 1 N–H and O–H groups in total. The van der Waals surface area contributed by atoms with Gasteiger partial charge in [0.25, 0.3) is 0 Å². The highest BCUT2D eigenvalue weighted by Gasteiger charge is 2.29. The summed E-state index contributed by atoms with van der Waals surface area (Å²) in [5, 5.41) is 5.18. The molecule has 0 spiro atoms. The van der Waals surface area contributed by atoms with E-state index in [1.807, 2.05) is 74.5 Å². The maximum absolute atomic E-state index is 12.2. The highest BCUT2D eigenvalue weighted by molar-refractivity contribution is 5.75. The average Bonchev–Trinajstić information content (AvgIpc) is 2.70. The summed E-state index contributed by atoms with van der Waals surface area (Å²) >= 11 is 0. The van der Waals surface area contributed by atoms with E-state index >= 15 is 0 Å². The van der Waals surface area contributed by atoms with Gasteiger partial charge < -0.3 is 10.1 Å². The number of esters is 1. The van der Waals surface area contributed by atoms with Crippen LogP contribution in [0, 0.1) is 0 Å². The second kappa shape index (κ2) is 10.9. The van der Waals surface area contributed by atoms with Crippen molar-refractivity contribution in [3.05, 3.63) is 59.7 Å². The summed E-state index contributed by atoms with van der Waals surface area (Å²) in [7, 11) is 1.95. The van der Waals surface area contributed by atoms with Crippen molar-refractivity contribution >= 4 is 5.97 Å². The average molecular weight is 358 g/mol. The molecular weight excluding hydrogens is 328 g/mol. The Morgan fingerprint density at radius 3 is 2.65 bits per heavy atom. The number of nitrogens with one attached hydrogen (secondary N) is 1. The van der Waals surface area contributed by atoms with Gasteiger partial charge in [-0.25, -0.2) is 0 Å². The molecule has 0 aliphatic carbocycles. The third kappa shape index (κ3) is 6.41. The van der Waals surface area contributed by atoms with E-state index < -0.39 is 0 Å². The molecule has 0 radical (unpaired) electrons. The van der Waals surface area contributed by atoms with Gasteiger partial charge in [0.2, 0.25) is 0 Å². The van der Waals surface area contributed by atoms with Gasteiger partial charge in [0.1, 0.15) is 12.6 Å². The fraction of sp³-hybridized carbons (Fsp3) is 0.476. The van der Waals surface area contributed by atoms with Gasteiger partial charge in [0.15, 0.2) is 0 Å². The molecular formula is C21H30N2O3. The predicted molar refractivity (Wildman–Crippen MR) is 103 cm³/mol. The Kier molecular flexibility index (Phi) is 8.54. The van der Waals surface area contributed by atoms with E-state index in [9.17, 15) is 4.79 Å². The Labute approximate surface area is 156 Å². The minimum absolute atomic E-state index is 0.180. The Bertz CT molecular complexity index is 605. The summed E-state index contributed by atoms with van der Waals surface area (Å²) in [6.45, 7) is 5.58. The minimum atomic E-state index is -0.238. The fourth-order valence-corrected chi connectivity index (χ4v) is 2.91. The first-order valence-electron chi connectivity index (χ1n) is 9.21. The van der Waals surface area contributed by atoms with Crippen LogP contribution in [-0.2, 0) is 21.0 Å². The van der Waals surface area contributed by atoms with Crippen LogP contribution in [0.2, 0.25) is 0 Å². The van der Waals surface area contributed by atoms with Crippen LogP contribution in [0.15, 0.2) is 54.1 Å². The SMILES string of the molecule is CC=CC(=CC)CON(C)C1CCC(C(=O)OCc2ccccc2)NC1. The number of ether oxygens (including phenoxy) is 1. The smallest absolute Gasteiger partial charge is 0.323 e. The first kappa shape index (κ1) is 20.4. The third-order valence-electron chi connectivity index (χ3n) is 4.60. The quantitative estimate of drug-likeness (QED) is 0.439. The van der Waals surface area contributed by atoms with Crippen molar-refractivity contribution in [3.63, 3.8) is 0 Å². The molecule has 1 fully saturated rings. The molecule has 1 aromatic carbocycles. The lowest BCUT2D eigenvalue weighted by atomic mass is 10.0. The van der Waals surface area contributed by atoms with Crippen LogP contribution in [0.5, 0.6) is 0 Å². The molecule has 1 aliphatic heterocycles. The molecule has 0 saturated carbocycles. The summed E-state index contributed by atoms with van der Waals surface area (Å²) in [6.07, 6.45) is 7.74. The van der Waals surface area contributed by atoms with Crippen molar-refractivity contribution in [2.45, 2.75) is 45.4 Å². The largest absolute Gasteiger partial charge is 0.460 e. The Morgan fingerprint density at radius 1 is 1.27 bits per heavy atom. The van der Waals surface area contributed by atoms with E-state index in [0.29, 0.717) is 19.8 Å². The standard InChI is InChI=1S/C21H30N2O3/c1-4-9-17(5-2)16-26-23(3)19-12-13-20(22-14-19)21(24)25-15-18-10-7-6-8-11-18/h4-11,19-20,22H,12-16H2,1-3H3. The number of rotatable bonds is 8. The van der Waals surface area contributed by atoms with Gasteiger partial charge in [-0.2, -0.15) is 5.06 Å². The number of benzene rings is 1. The molecule has 0 amide bonds. The number of nitrogens with zero attached hydrogens (tertiary/aromatic N) is 1. The van der Waals surface area contributed by atoms with Gasteiger partial charge in [-0.15, -0.1) is 0 Å². The summed E-state index contributed by atoms with van der Waals surface area (Å²) in [5.74, 6) is -0.180. The zero-order valence-corrected chi connectivity index (χ0v) is 16.0. The number of likely N-dealkylation sites (N-methyl/N-ethyl adjacent to an activating group) is 1. The monoisotopic (exact) mass is 358 g/mol. The molecule has 0 bridgehead atoms. The Balaban J connectivity index is 1.71. The molecule has 2 rings (SSSR count). The number of carbonyl (C=O) groups is 1. The fourth-order valence-electron chi connectivity index (χ4n) is 2.91. The van der Waals surface area contributed by atoms with E-state index in [4.69, 9.17) is 9.57 Å². The Hall–Kier alpha value is -1.95. The van der Waals surface area contributed by atoms with Crippen LogP contribution in [0.1, 0.15) is 32.3 Å². The van der Waals surface area contributed by atoms with E-state index in [-0.39, 0.29) is 18.1 Å². The molecule has 1 aliphatic rings. The van der Waals surface area contributed by atoms with Crippen molar-refractivity contribution < 1.29 is 14.4 Å². The normalized spacial score (nSPS) is 21.3. The van der Waals surface area contributed by atoms with E-state index in [1.165, 1.54) is 0 Å². The number of hydroxylamine groups is 2. The maximum Gasteiger partial charge on any atom is 0.323 e. The molecule has 142 valence electrons. The number of hydrogen-bond donors (Lipinski definition) is 1. The second-order valence-electron chi connectivity index (χ2n) is 6.47. The molecule has 2 atom stereocenters. The van der Waals surface area contributed by atoms with Gasteiger partial charge >= 0.3 is 5.97 Å². The number of piperidine rings is 1. The van der Waals surface area contributed by atoms with Crippen LogP contribution in [0.25, 0.3) is 0 Å². The molecule has 1 aromatic rings. The summed E-state index contributed by atoms with van der Waals surface area (Å²) in [6, 6.07) is 9.75. The number of carbonyl (C=O) groups excluding carboxylic acids is 1. The van der Waals surface area contributed by atoms with Crippen LogP contribution >= 0.6 is 0 Å². The third-order valence-corrected chi connectivity index (χ3v) is 4.60. The van der Waals surface area contributed by atoms with Crippen LogP contribution in [-0.4, -0.2) is 43.3 Å². The van der Waals surface area contributed by atoms with Gasteiger partial charge in [-0.05, 0) is 37.8 Å². The molecule has 1 saturated heterocycles. The zero-order valence-electron chi connectivity index (χ0n) is 16.0. The van der Waals surface area contributed by atoms with E-state index in [0.717, 1.165) is 24.0 Å². The van der Waals surface area contributed by atoms with Crippen molar-refractivity contribution in [2.24, 2.45) is 0 Å². The molecule has 5 heteroatoms. The topological polar surface area (TPSA) is 50.8 Å². The van der Waals surface area contributed by atoms with Crippen molar-refractivity contribution in [3.8, 4) is 0 Å². The minimum Gasteiger partial charge on any atom is -0.460 e. The lowest BCUT2D eigenvalue weighted by Crippen LogP contribution is -2.51. The van der Waals surface area contributed by atoms with Crippen molar-refractivity contribution in [1.82, 2.24) is 10.4 Å². The summed E-state index contributed by atoms with van der Waals surface area (Å²) in [4.78, 5) is 18.1. The van der Waals surface area contributed by atoms with Gasteiger partial charge in [0, 0.05) is 19.6 Å². The van der Waals surface area contributed by atoms with Gasteiger partial charge in [-0.1, -0.05) is 48.6 Å². The molecule has 0 aromatic heterocycles. The Morgan fingerprint density at radius 2 is 2.04 bits per heavy atom. The maximum atomic E-state index is 12.2. The second-order valence-corrected chi connectivity index (χ2v) is 6.47. The van der Waals surface area contributed by atoms with Crippen LogP contribution in [0.4, 0.5) is 0 Å². The van der Waals surface area contributed by atoms with Crippen molar-refractivity contribution in [2.75, 3.05) is 20.2 Å². The molecule has 1 heterocycles. The first-order chi connectivity index (χ1) is 12.6. The first-order valence-corrected chi connectivity index (χ1v) is 9.21. The number of hydrogen-bond acceptors (Lipinski definition) is 5. The lowest BCUT2D eigenvalue weighted by molar-refractivity contribution is -0.167. The molecule has 5 nitrogen and oxygen atoms in total. The summed E-state index contributed by atoms with van der Waals surface area (Å²) < 4.78 is 5.42. The molecule has 2 unspecified atom stereocenters. The lowest BCUT2D eigenvalue weighted by Gasteiger charge is -2.34. The highest BCUT2D eigenvalue weighted by atomic mass is 16.7. The number of allylic oxidation sites excluding steroid dienone is 2. The van der Waals surface area contributed by atoms with Gasteiger partial charge in [-0.3, -0.25) is 9.63 Å². The van der Waals surface area contributed by atoms with Crippen LogP contribution in [0.3, 0.4) is 0 Å².